The van der Waals surface area contributed by atoms with Gasteiger partial charge < -0.3 is 10.5 Å². The SMILES string of the molecule is CCC(C)SCC(N)c1cc(Cl)ccc1OC. The molecule has 0 amide bonds. The van der Waals surface area contributed by atoms with Crippen LogP contribution in [0, 0.1) is 0 Å². The Labute approximate surface area is 113 Å². The molecular formula is C13H20ClNOS. The average Bonchev–Trinajstić information content (AvgIpc) is 2.35. The maximum absolute atomic E-state index is 6.18. The summed E-state index contributed by atoms with van der Waals surface area (Å²) in [4.78, 5) is 0. The third-order valence-corrected chi connectivity index (χ3v) is 4.42. The molecule has 0 aliphatic rings. The van der Waals surface area contributed by atoms with Gasteiger partial charge >= 0.3 is 0 Å². The summed E-state index contributed by atoms with van der Waals surface area (Å²) in [6.45, 7) is 4.40. The van der Waals surface area contributed by atoms with E-state index in [1.54, 1.807) is 7.11 Å². The van der Waals surface area contributed by atoms with Crippen molar-refractivity contribution in [1.29, 1.82) is 0 Å². The zero-order valence-corrected chi connectivity index (χ0v) is 12.1. The van der Waals surface area contributed by atoms with Crippen molar-refractivity contribution in [2.75, 3.05) is 12.9 Å². The Balaban J connectivity index is 2.73. The molecule has 1 aromatic carbocycles. The first-order chi connectivity index (χ1) is 8.08. The van der Waals surface area contributed by atoms with Crippen LogP contribution in [-0.4, -0.2) is 18.1 Å². The summed E-state index contributed by atoms with van der Waals surface area (Å²) in [5, 5.41) is 1.33. The van der Waals surface area contributed by atoms with E-state index in [0.29, 0.717) is 10.3 Å². The molecular weight excluding hydrogens is 254 g/mol. The molecule has 1 aromatic rings. The zero-order chi connectivity index (χ0) is 12.8. The van der Waals surface area contributed by atoms with E-state index in [-0.39, 0.29) is 6.04 Å². The van der Waals surface area contributed by atoms with Gasteiger partial charge in [0.05, 0.1) is 7.11 Å². The highest BCUT2D eigenvalue weighted by molar-refractivity contribution is 7.99. The summed E-state index contributed by atoms with van der Waals surface area (Å²) < 4.78 is 5.31. The second kappa shape index (κ2) is 7.14. The Kier molecular flexibility index (Phi) is 6.17. The molecule has 0 saturated carbocycles. The van der Waals surface area contributed by atoms with Crippen LogP contribution in [0.1, 0.15) is 31.9 Å². The molecule has 2 unspecified atom stereocenters. The molecule has 0 bridgehead atoms. The molecule has 0 radical (unpaired) electrons. The van der Waals surface area contributed by atoms with Crippen molar-refractivity contribution in [2.24, 2.45) is 5.73 Å². The van der Waals surface area contributed by atoms with Crippen molar-refractivity contribution in [3.8, 4) is 5.75 Å². The van der Waals surface area contributed by atoms with E-state index in [4.69, 9.17) is 22.1 Å². The van der Waals surface area contributed by atoms with Crippen molar-refractivity contribution >= 4 is 23.4 Å². The number of ether oxygens (including phenoxy) is 1. The number of hydrogen-bond donors (Lipinski definition) is 1. The van der Waals surface area contributed by atoms with Crippen molar-refractivity contribution in [2.45, 2.75) is 31.6 Å². The van der Waals surface area contributed by atoms with E-state index in [2.05, 4.69) is 13.8 Å². The molecule has 0 heterocycles. The van der Waals surface area contributed by atoms with Gasteiger partial charge in [0.2, 0.25) is 0 Å². The summed E-state index contributed by atoms with van der Waals surface area (Å²) >= 11 is 7.87. The minimum absolute atomic E-state index is 0.0392. The Hall–Kier alpha value is -0.380. The van der Waals surface area contributed by atoms with Crippen molar-refractivity contribution in [1.82, 2.24) is 0 Å². The lowest BCUT2D eigenvalue weighted by molar-refractivity contribution is 0.407. The maximum Gasteiger partial charge on any atom is 0.123 e. The number of rotatable bonds is 6. The van der Waals surface area contributed by atoms with Crippen LogP contribution < -0.4 is 10.5 Å². The number of halogens is 1. The van der Waals surface area contributed by atoms with Crippen LogP contribution in [0.15, 0.2) is 18.2 Å². The standard InChI is InChI=1S/C13H20ClNOS/c1-4-9(2)17-8-12(15)11-7-10(14)5-6-13(11)16-3/h5-7,9,12H,4,8,15H2,1-3H3. The quantitative estimate of drug-likeness (QED) is 0.854. The third-order valence-electron chi connectivity index (χ3n) is 2.73. The van der Waals surface area contributed by atoms with Gasteiger partial charge in [-0.05, 0) is 24.6 Å². The highest BCUT2D eigenvalue weighted by Gasteiger charge is 2.13. The fourth-order valence-corrected chi connectivity index (χ4v) is 2.60. The van der Waals surface area contributed by atoms with Crippen LogP contribution >= 0.6 is 23.4 Å². The van der Waals surface area contributed by atoms with Crippen LogP contribution in [0.5, 0.6) is 5.75 Å². The predicted octanol–water partition coefficient (Wildman–Crippen LogP) is 3.88. The smallest absolute Gasteiger partial charge is 0.123 e. The van der Waals surface area contributed by atoms with Crippen molar-refractivity contribution in [3.05, 3.63) is 28.8 Å². The Morgan fingerprint density at radius 3 is 2.76 bits per heavy atom. The van der Waals surface area contributed by atoms with E-state index in [1.165, 1.54) is 0 Å². The molecule has 2 nitrogen and oxygen atoms in total. The number of methoxy groups -OCH3 is 1. The highest BCUT2D eigenvalue weighted by atomic mass is 35.5. The summed E-state index contributed by atoms with van der Waals surface area (Å²) in [6, 6.07) is 5.54. The minimum atomic E-state index is -0.0392. The average molecular weight is 274 g/mol. The lowest BCUT2D eigenvalue weighted by Gasteiger charge is -2.17. The second-order valence-electron chi connectivity index (χ2n) is 4.04. The minimum Gasteiger partial charge on any atom is -0.496 e. The molecule has 1 rings (SSSR count). The first kappa shape index (κ1) is 14.7. The Morgan fingerprint density at radius 2 is 2.18 bits per heavy atom. The van der Waals surface area contributed by atoms with Crippen LogP contribution in [0.3, 0.4) is 0 Å². The molecule has 2 atom stereocenters. The summed E-state index contributed by atoms with van der Waals surface area (Å²) in [7, 11) is 1.65. The number of nitrogens with two attached hydrogens (primary N) is 1. The van der Waals surface area contributed by atoms with Gasteiger partial charge in [-0.1, -0.05) is 25.4 Å². The second-order valence-corrected chi connectivity index (χ2v) is 5.95. The molecule has 17 heavy (non-hydrogen) atoms. The first-order valence-corrected chi connectivity index (χ1v) is 7.21. The number of hydrogen-bond acceptors (Lipinski definition) is 3. The summed E-state index contributed by atoms with van der Waals surface area (Å²) in [6.07, 6.45) is 1.16. The third kappa shape index (κ3) is 4.41. The van der Waals surface area contributed by atoms with Crippen molar-refractivity contribution < 1.29 is 4.74 Å². The van der Waals surface area contributed by atoms with Crippen LogP contribution in [0.4, 0.5) is 0 Å². The summed E-state index contributed by atoms with van der Waals surface area (Å²) in [5.74, 6) is 1.69. The van der Waals surface area contributed by atoms with E-state index in [1.807, 2.05) is 30.0 Å². The fraction of sp³-hybridized carbons (Fsp3) is 0.538. The normalized spacial score (nSPS) is 14.4. The van der Waals surface area contributed by atoms with Gasteiger partial charge in [-0.15, -0.1) is 0 Å². The Bertz CT molecular complexity index is 359. The topological polar surface area (TPSA) is 35.2 Å². The van der Waals surface area contributed by atoms with Gasteiger partial charge in [-0.25, -0.2) is 0 Å². The first-order valence-electron chi connectivity index (χ1n) is 5.79. The van der Waals surface area contributed by atoms with E-state index >= 15 is 0 Å². The monoisotopic (exact) mass is 273 g/mol. The van der Waals surface area contributed by atoms with Gasteiger partial charge in [0, 0.05) is 27.6 Å². The molecule has 0 aliphatic carbocycles. The van der Waals surface area contributed by atoms with Gasteiger partial charge in [0.1, 0.15) is 5.75 Å². The zero-order valence-electron chi connectivity index (χ0n) is 10.6. The van der Waals surface area contributed by atoms with Crippen LogP contribution in [0.25, 0.3) is 0 Å². The molecule has 96 valence electrons. The Morgan fingerprint density at radius 1 is 1.47 bits per heavy atom. The van der Waals surface area contributed by atoms with Crippen molar-refractivity contribution in [3.63, 3.8) is 0 Å². The van der Waals surface area contributed by atoms with Gasteiger partial charge in [0.15, 0.2) is 0 Å². The van der Waals surface area contributed by atoms with E-state index in [9.17, 15) is 0 Å². The molecule has 2 N–H and O–H groups in total. The van der Waals surface area contributed by atoms with Crippen LogP contribution in [-0.2, 0) is 0 Å². The highest BCUT2D eigenvalue weighted by Crippen LogP contribution is 2.30. The van der Waals surface area contributed by atoms with Gasteiger partial charge in [0.25, 0.3) is 0 Å². The lowest BCUT2D eigenvalue weighted by atomic mass is 10.1. The number of benzene rings is 1. The predicted molar refractivity (Wildman–Crippen MR) is 77.1 cm³/mol. The molecule has 0 spiro atoms. The van der Waals surface area contributed by atoms with Gasteiger partial charge in [-0.3, -0.25) is 0 Å². The molecule has 4 heteroatoms. The summed E-state index contributed by atoms with van der Waals surface area (Å²) in [5.41, 5.74) is 7.17. The largest absolute Gasteiger partial charge is 0.496 e. The van der Waals surface area contributed by atoms with E-state index in [0.717, 1.165) is 23.5 Å². The van der Waals surface area contributed by atoms with Crippen LogP contribution in [0.2, 0.25) is 5.02 Å². The van der Waals surface area contributed by atoms with Gasteiger partial charge in [-0.2, -0.15) is 11.8 Å². The fourth-order valence-electron chi connectivity index (χ4n) is 1.47. The molecule has 0 fully saturated rings. The maximum atomic E-state index is 6.18. The molecule has 0 aliphatic heterocycles. The molecule has 0 aromatic heterocycles. The molecule has 0 saturated heterocycles. The van der Waals surface area contributed by atoms with E-state index < -0.39 is 0 Å². The lowest BCUT2D eigenvalue weighted by Crippen LogP contribution is -2.15. The number of thioether (sulfide) groups is 1.